The summed E-state index contributed by atoms with van der Waals surface area (Å²) in [6.45, 7) is 2.07. The number of nitrogens with two attached hydrogens (primary N) is 1. The lowest BCUT2D eigenvalue weighted by atomic mass is 10.1. The molecule has 1 unspecified atom stereocenters. The van der Waals surface area contributed by atoms with Crippen molar-refractivity contribution < 1.29 is 0 Å². The van der Waals surface area contributed by atoms with Crippen molar-refractivity contribution in [2.24, 2.45) is 0 Å². The molecule has 2 heterocycles. The van der Waals surface area contributed by atoms with Crippen LogP contribution in [0.4, 0.5) is 5.95 Å². The fourth-order valence-electron chi connectivity index (χ4n) is 2.25. The van der Waals surface area contributed by atoms with Crippen molar-refractivity contribution in [3.63, 3.8) is 0 Å². The van der Waals surface area contributed by atoms with E-state index >= 15 is 0 Å². The number of nitrogens with zero attached hydrogens (tertiary/aromatic N) is 3. The molecule has 0 aliphatic carbocycles. The van der Waals surface area contributed by atoms with Gasteiger partial charge in [-0.3, -0.25) is 4.57 Å². The lowest BCUT2D eigenvalue weighted by molar-refractivity contribution is 0.662. The molecule has 3 rings (SSSR count). The highest BCUT2D eigenvalue weighted by Gasteiger charge is 2.16. The molecule has 20 heavy (non-hydrogen) atoms. The highest BCUT2D eigenvalue weighted by atomic mass is 79.9. The Labute approximate surface area is 129 Å². The summed E-state index contributed by atoms with van der Waals surface area (Å²) in [5, 5.41) is 0.554. The first kappa shape index (κ1) is 13.4. The molecule has 3 aromatic rings. The monoisotopic (exact) mass is 350 g/mol. The summed E-state index contributed by atoms with van der Waals surface area (Å²) in [6, 6.07) is 9.93. The van der Waals surface area contributed by atoms with Gasteiger partial charge in [0.2, 0.25) is 5.95 Å². The summed E-state index contributed by atoms with van der Waals surface area (Å²) in [5.74, 6) is 0.435. The SMILES string of the molecule is CC(c1ccc(Br)cc1)n1c(N)nc2cc(Cl)cnc21. The van der Waals surface area contributed by atoms with Gasteiger partial charge < -0.3 is 5.73 Å². The second-order valence-corrected chi connectivity index (χ2v) is 5.92. The maximum absolute atomic E-state index is 6.03. The normalized spacial score (nSPS) is 12.8. The molecular weight excluding hydrogens is 340 g/mol. The molecule has 2 aromatic heterocycles. The van der Waals surface area contributed by atoms with Crippen LogP contribution >= 0.6 is 27.5 Å². The number of hydrogen-bond donors (Lipinski definition) is 1. The van der Waals surface area contributed by atoms with E-state index in [2.05, 4.69) is 45.0 Å². The number of anilines is 1. The zero-order valence-corrected chi connectivity index (χ0v) is 13.1. The summed E-state index contributed by atoms with van der Waals surface area (Å²) in [6.07, 6.45) is 1.61. The molecule has 1 aromatic carbocycles. The third-order valence-corrected chi connectivity index (χ3v) is 4.00. The van der Waals surface area contributed by atoms with Crippen molar-refractivity contribution >= 4 is 44.6 Å². The van der Waals surface area contributed by atoms with E-state index in [4.69, 9.17) is 17.3 Å². The van der Waals surface area contributed by atoms with E-state index < -0.39 is 0 Å². The lowest BCUT2D eigenvalue weighted by Gasteiger charge is -2.16. The van der Waals surface area contributed by atoms with Gasteiger partial charge in [0.15, 0.2) is 5.65 Å². The van der Waals surface area contributed by atoms with E-state index in [0.29, 0.717) is 16.5 Å². The molecule has 0 radical (unpaired) electrons. The summed E-state index contributed by atoms with van der Waals surface area (Å²) in [5.41, 5.74) is 8.61. The number of pyridine rings is 1. The average molecular weight is 352 g/mol. The molecule has 0 amide bonds. The van der Waals surface area contributed by atoms with Gasteiger partial charge in [0, 0.05) is 10.7 Å². The van der Waals surface area contributed by atoms with E-state index in [1.807, 2.05) is 16.7 Å². The Balaban J connectivity index is 2.13. The van der Waals surface area contributed by atoms with Crippen molar-refractivity contribution in [3.05, 3.63) is 51.6 Å². The first-order chi connectivity index (χ1) is 9.56. The zero-order chi connectivity index (χ0) is 14.3. The number of benzene rings is 1. The Hall–Kier alpha value is -1.59. The van der Waals surface area contributed by atoms with Crippen LogP contribution in [-0.4, -0.2) is 14.5 Å². The molecule has 0 saturated carbocycles. The van der Waals surface area contributed by atoms with Crippen LogP contribution in [0.3, 0.4) is 0 Å². The van der Waals surface area contributed by atoms with E-state index in [9.17, 15) is 0 Å². The lowest BCUT2D eigenvalue weighted by Crippen LogP contribution is -2.10. The Bertz CT molecular complexity index is 767. The molecule has 102 valence electrons. The van der Waals surface area contributed by atoms with Crippen LogP contribution in [0.1, 0.15) is 18.5 Å². The Morgan fingerprint density at radius 3 is 2.70 bits per heavy atom. The van der Waals surface area contributed by atoms with E-state index in [0.717, 1.165) is 15.7 Å². The minimum Gasteiger partial charge on any atom is -0.369 e. The third-order valence-electron chi connectivity index (χ3n) is 3.26. The van der Waals surface area contributed by atoms with Crippen LogP contribution in [-0.2, 0) is 0 Å². The molecule has 1 atom stereocenters. The molecular formula is C14H12BrClN4. The minimum absolute atomic E-state index is 0.0433. The fraction of sp³-hybridized carbons (Fsp3) is 0.143. The van der Waals surface area contributed by atoms with Gasteiger partial charge in [-0.25, -0.2) is 9.97 Å². The summed E-state index contributed by atoms with van der Waals surface area (Å²) in [7, 11) is 0. The molecule has 0 spiro atoms. The van der Waals surface area contributed by atoms with Crippen LogP contribution in [0, 0.1) is 0 Å². The van der Waals surface area contributed by atoms with E-state index in [1.54, 1.807) is 12.3 Å². The van der Waals surface area contributed by atoms with Gasteiger partial charge in [0.25, 0.3) is 0 Å². The molecule has 0 bridgehead atoms. The second-order valence-electron chi connectivity index (χ2n) is 4.56. The van der Waals surface area contributed by atoms with E-state index in [1.165, 1.54) is 0 Å². The number of hydrogen-bond acceptors (Lipinski definition) is 3. The zero-order valence-electron chi connectivity index (χ0n) is 10.7. The third kappa shape index (κ3) is 2.27. The predicted molar refractivity (Wildman–Crippen MR) is 84.9 cm³/mol. The van der Waals surface area contributed by atoms with Crippen molar-refractivity contribution in [2.45, 2.75) is 13.0 Å². The first-order valence-electron chi connectivity index (χ1n) is 6.10. The van der Waals surface area contributed by atoms with Gasteiger partial charge in [-0.2, -0.15) is 0 Å². The van der Waals surface area contributed by atoms with Crippen LogP contribution in [0.5, 0.6) is 0 Å². The van der Waals surface area contributed by atoms with Crippen molar-refractivity contribution in [1.82, 2.24) is 14.5 Å². The van der Waals surface area contributed by atoms with Gasteiger partial charge in [-0.05, 0) is 30.7 Å². The molecule has 2 N–H and O–H groups in total. The van der Waals surface area contributed by atoms with Crippen molar-refractivity contribution in [3.8, 4) is 0 Å². The summed E-state index contributed by atoms with van der Waals surface area (Å²) < 4.78 is 2.95. The smallest absolute Gasteiger partial charge is 0.203 e. The van der Waals surface area contributed by atoms with Crippen LogP contribution in [0.25, 0.3) is 11.2 Å². The molecule has 6 heteroatoms. The maximum atomic E-state index is 6.03. The van der Waals surface area contributed by atoms with Gasteiger partial charge in [0.1, 0.15) is 5.52 Å². The van der Waals surface area contributed by atoms with Gasteiger partial charge in [-0.15, -0.1) is 0 Å². The van der Waals surface area contributed by atoms with Crippen molar-refractivity contribution in [2.75, 3.05) is 5.73 Å². The number of aromatic nitrogens is 3. The maximum Gasteiger partial charge on any atom is 0.203 e. The molecule has 0 aliphatic rings. The quantitative estimate of drug-likeness (QED) is 0.758. The highest BCUT2D eigenvalue weighted by Crippen LogP contribution is 2.27. The Morgan fingerprint density at radius 2 is 2.00 bits per heavy atom. The number of rotatable bonds is 2. The minimum atomic E-state index is 0.0433. The standard InChI is InChI=1S/C14H12BrClN4/c1-8(9-2-4-10(15)5-3-9)20-13-12(19-14(20)17)6-11(16)7-18-13/h2-8H,1H3,(H2,17,19). The second kappa shape index (κ2) is 5.07. The molecule has 4 nitrogen and oxygen atoms in total. The van der Waals surface area contributed by atoms with Crippen LogP contribution < -0.4 is 5.73 Å². The highest BCUT2D eigenvalue weighted by molar-refractivity contribution is 9.10. The Kier molecular flexibility index (Phi) is 3.40. The number of halogens is 2. The van der Waals surface area contributed by atoms with Crippen LogP contribution in [0.15, 0.2) is 41.0 Å². The molecule has 0 fully saturated rings. The largest absolute Gasteiger partial charge is 0.369 e. The van der Waals surface area contributed by atoms with Gasteiger partial charge in [-0.1, -0.05) is 39.7 Å². The molecule has 0 saturated heterocycles. The van der Waals surface area contributed by atoms with Gasteiger partial charge >= 0.3 is 0 Å². The predicted octanol–water partition coefficient (Wildman–Crippen LogP) is 4.04. The van der Waals surface area contributed by atoms with E-state index in [-0.39, 0.29) is 6.04 Å². The average Bonchev–Trinajstić information content (AvgIpc) is 2.73. The fourth-order valence-corrected chi connectivity index (χ4v) is 2.66. The van der Waals surface area contributed by atoms with Gasteiger partial charge in [0.05, 0.1) is 11.1 Å². The number of imidazole rings is 1. The summed E-state index contributed by atoms with van der Waals surface area (Å²) >= 11 is 9.37. The summed E-state index contributed by atoms with van der Waals surface area (Å²) in [4.78, 5) is 8.67. The molecule has 0 aliphatic heterocycles. The topological polar surface area (TPSA) is 56.7 Å². The number of fused-ring (bicyclic) bond motifs is 1. The number of nitrogen functional groups attached to an aromatic ring is 1. The first-order valence-corrected chi connectivity index (χ1v) is 7.28. The van der Waals surface area contributed by atoms with Crippen molar-refractivity contribution in [1.29, 1.82) is 0 Å². The Morgan fingerprint density at radius 1 is 1.30 bits per heavy atom. The van der Waals surface area contributed by atoms with Crippen LogP contribution in [0.2, 0.25) is 5.02 Å².